The van der Waals surface area contributed by atoms with Crippen LogP contribution < -0.4 is 0 Å². The van der Waals surface area contributed by atoms with Crippen LogP contribution in [0.25, 0.3) is 11.1 Å². The molecule has 2 aliphatic heterocycles. The van der Waals surface area contributed by atoms with E-state index in [1.54, 1.807) is 21.9 Å². The van der Waals surface area contributed by atoms with Crippen LogP contribution in [0.5, 0.6) is 0 Å². The Kier molecular flexibility index (Phi) is 6.73. The SMILES string of the molecule is CC(C)CC(C(=O)N1CC[C@@H]2C1C(=O)CN2C(=O)c1ccccc1)c1cccc(-c2ccccc2)c1. The summed E-state index contributed by atoms with van der Waals surface area (Å²) < 4.78 is 0. The third kappa shape index (κ3) is 4.58. The van der Waals surface area contributed by atoms with Crippen LogP contribution in [0.15, 0.2) is 84.9 Å². The van der Waals surface area contributed by atoms with Crippen LogP contribution in [-0.2, 0) is 9.59 Å². The van der Waals surface area contributed by atoms with Crippen LogP contribution in [-0.4, -0.2) is 52.6 Å². The number of rotatable bonds is 6. The van der Waals surface area contributed by atoms with Crippen LogP contribution in [0, 0.1) is 5.92 Å². The lowest BCUT2D eigenvalue weighted by Gasteiger charge is -2.29. The third-order valence-electron chi connectivity index (χ3n) is 7.39. The van der Waals surface area contributed by atoms with Gasteiger partial charge in [0.15, 0.2) is 5.78 Å². The van der Waals surface area contributed by atoms with Gasteiger partial charge >= 0.3 is 0 Å². The van der Waals surface area contributed by atoms with Gasteiger partial charge in [-0.05, 0) is 47.6 Å². The van der Waals surface area contributed by atoms with E-state index in [1.165, 1.54) is 0 Å². The Bertz CT molecular complexity index is 1260. The van der Waals surface area contributed by atoms with E-state index in [1.807, 2.05) is 48.5 Å². The predicted octanol–water partition coefficient (Wildman–Crippen LogP) is 5.18. The molecule has 2 fully saturated rings. The van der Waals surface area contributed by atoms with Crippen molar-refractivity contribution in [3.8, 4) is 11.1 Å². The lowest BCUT2D eigenvalue weighted by Crippen LogP contribution is -2.45. The van der Waals surface area contributed by atoms with Crippen molar-refractivity contribution < 1.29 is 14.4 Å². The number of amides is 2. The van der Waals surface area contributed by atoms with E-state index in [-0.39, 0.29) is 36.1 Å². The summed E-state index contributed by atoms with van der Waals surface area (Å²) >= 11 is 0. The molecule has 0 saturated carbocycles. The van der Waals surface area contributed by atoms with E-state index in [0.717, 1.165) is 16.7 Å². The maximum absolute atomic E-state index is 14.0. The molecule has 36 heavy (non-hydrogen) atoms. The van der Waals surface area contributed by atoms with E-state index in [4.69, 9.17) is 0 Å². The van der Waals surface area contributed by atoms with Gasteiger partial charge in [-0.2, -0.15) is 0 Å². The number of Topliss-reactive ketones (excluding diaryl/α,β-unsaturated/α-hetero) is 1. The largest absolute Gasteiger partial charge is 0.330 e. The topological polar surface area (TPSA) is 57.7 Å². The van der Waals surface area contributed by atoms with Gasteiger partial charge in [-0.3, -0.25) is 14.4 Å². The van der Waals surface area contributed by atoms with Gasteiger partial charge in [0, 0.05) is 12.1 Å². The summed E-state index contributed by atoms with van der Waals surface area (Å²) in [6.07, 6.45) is 1.32. The van der Waals surface area contributed by atoms with E-state index >= 15 is 0 Å². The van der Waals surface area contributed by atoms with Crippen LogP contribution in [0.1, 0.15) is 48.5 Å². The highest BCUT2D eigenvalue weighted by molar-refractivity contribution is 6.02. The predicted molar refractivity (Wildman–Crippen MR) is 140 cm³/mol. The minimum Gasteiger partial charge on any atom is -0.330 e. The molecule has 2 unspecified atom stereocenters. The van der Waals surface area contributed by atoms with Gasteiger partial charge in [-0.1, -0.05) is 86.6 Å². The first-order valence-electron chi connectivity index (χ1n) is 12.8. The fourth-order valence-corrected chi connectivity index (χ4v) is 5.70. The number of ketones is 1. The Morgan fingerprint density at radius 1 is 0.861 bits per heavy atom. The first kappa shape index (κ1) is 24.0. The quantitative estimate of drug-likeness (QED) is 0.489. The minimum absolute atomic E-state index is 0.0104. The number of hydrogen-bond acceptors (Lipinski definition) is 3. The first-order valence-corrected chi connectivity index (χ1v) is 12.8. The van der Waals surface area contributed by atoms with Crippen molar-refractivity contribution in [2.75, 3.05) is 13.1 Å². The molecule has 2 saturated heterocycles. The van der Waals surface area contributed by atoms with Crippen molar-refractivity contribution in [1.82, 2.24) is 9.80 Å². The highest BCUT2D eigenvalue weighted by atomic mass is 16.2. The Hall–Kier alpha value is -3.73. The first-order chi connectivity index (χ1) is 17.4. The van der Waals surface area contributed by atoms with Crippen molar-refractivity contribution in [3.05, 3.63) is 96.1 Å². The van der Waals surface area contributed by atoms with Gasteiger partial charge in [-0.15, -0.1) is 0 Å². The highest BCUT2D eigenvalue weighted by Crippen LogP contribution is 2.36. The van der Waals surface area contributed by atoms with Gasteiger partial charge in [0.1, 0.15) is 6.04 Å². The van der Waals surface area contributed by atoms with Crippen molar-refractivity contribution in [1.29, 1.82) is 0 Å². The second-order valence-electron chi connectivity index (χ2n) is 10.3. The Morgan fingerprint density at radius 3 is 2.22 bits per heavy atom. The molecule has 5 rings (SSSR count). The summed E-state index contributed by atoms with van der Waals surface area (Å²) in [5.41, 5.74) is 3.73. The zero-order valence-corrected chi connectivity index (χ0v) is 20.8. The molecular weight excluding hydrogens is 448 g/mol. The average molecular weight is 481 g/mol. The second kappa shape index (κ2) is 10.1. The van der Waals surface area contributed by atoms with Crippen molar-refractivity contribution >= 4 is 17.6 Å². The number of fused-ring (bicyclic) bond motifs is 1. The zero-order chi connectivity index (χ0) is 25.2. The van der Waals surface area contributed by atoms with E-state index in [0.29, 0.717) is 30.9 Å². The number of hydrogen-bond donors (Lipinski definition) is 0. The molecule has 184 valence electrons. The fraction of sp³-hybridized carbons (Fsp3) is 0.323. The van der Waals surface area contributed by atoms with Crippen molar-refractivity contribution in [2.45, 2.75) is 44.7 Å². The Balaban J connectivity index is 1.41. The molecular formula is C31H32N2O3. The molecule has 3 aromatic carbocycles. The molecule has 0 aliphatic carbocycles. The molecule has 0 bridgehead atoms. The third-order valence-corrected chi connectivity index (χ3v) is 7.39. The van der Waals surface area contributed by atoms with Gasteiger partial charge in [-0.25, -0.2) is 0 Å². The fourth-order valence-electron chi connectivity index (χ4n) is 5.70. The molecule has 5 heteroatoms. The number of likely N-dealkylation sites (tertiary alicyclic amines) is 2. The molecule has 2 aliphatic rings. The molecule has 3 aromatic rings. The number of carbonyl (C=O) groups excluding carboxylic acids is 3. The molecule has 0 aromatic heterocycles. The maximum Gasteiger partial charge on any atom is 0.254 e. The monoisotopic (exact) mass is 480 g/mol. The molecule has 5 nitrogen and oxygen atoms in total. The van der Waals surface area contributed by atoms with Gasteiger partial charge < -0.3 is 9.80 Å². The van der Waals surface area contributed by atoms with Crippen molar-refractivity contribution in [3.63, 3.8) is 0 Å². The van der Waals surface area contributed by atoms with Crippen LogP contribution in [0.2, 0.25) is 0 Å². The minimum atomic E-state index is -0.558. The molecule has 2 amide bonds. The van der Waals surface area contributed by atoms with Gasteiger partial charge in [0.25, 0.3) is 5.91 Å². The summed E-state index contributed by atoms with van der Waals surface area (Å²) in [7, 11) is 0. The van der Waals surface area contributed by atoms with E-state index in [2.05, 4.69) is 38.1 Å². The number of carbonyl (C=O) groups is 3. The zero-order valence-electron chi connectivity index (χ0n) is 20.8. The lowest BCUT2D eigenvalue weighted by molar-refractivity contribution is -0.138. The van der Waals surface area contributed by atoms with Gasteiger partial charge in [0.2, 0.25) is 5.91 Å². The summed E-state index contributed by atoms with van der Waals surface area (Å²) in [6.45, 7) is 4.79. The summed E-state index contributed by atoms with van der Waals surface area (Å²) in [4.78, 5) is 43.8. The highest BCUT2D eigenvalue weighted by Gasteiger charge is 2.52. The summed E-state index contributed by atoms with van der Waals surface area (Å²) in [5.74, 6) is -0.215. The molecule has 3 atom stereocenters. The Morgan fingerprint density at radius 2 is 1.53 bits per heavy atom. The summed E-state index contributed by atoms with van der Waals surface area (Å²) in [5, 5.41) is 0. The van der Waals surface area contributed by atoms with Crippen molar-refractivity contribution in [2.24, 2.45) is 5.92 Å². The van der Waals surface area contributed by atoms with Gasteiger partial charge in [0.05, 0.1) is 18.5 Å². The number of benzene rings is 3. The standard InChI is InChI=1S/C31H32N2O3/c1-21(2)18-26(25-15-9-14-24(19-25)22-10-5-3-6-11-22)31(36)32-17-16-27-29(32)28(34)20-33(27)30(35)23-12-7-4-8-13-23/h3-15,19,21,26-27,29H,16-18,20H2,1-2H3/t26?,27-,29?/m1/s1. The van der Waals surface area contributed by atoms with E-state index < -0.39 is 6.04 Å². The Labute approximate surface area is 212 Å². The molecule has 0 N–H and O–H groups in total. The smallest absolute Gasteiger partial charge is 0.254 e. The second-order valence-corrected chi connectivity index (χ2v) is 10.3. The summed E-state index contributed by atoms with van der Waals surface area (Å²) in [6, 6.07) is 26.6. The average Bonchev–Trinajstić information content (AvgIpc) is 3.49. The van der Waals surface area contributed by atoms with Crippen LogP contribution in [0.3, 0.4) is 0 Å². The normalized spacial score (nSPS) is 20.0. The van der Waals surface area contributed by atoms with Crippen LogP contribution in [0.4, 0.5) is 0 Å². The number of nitrogens with zero attached hydrogens (tertiary/aromatic N) is 2. The molecule has 2 heterocycles. The maximum atomic E-state index is 14.0. The van der Waals surface area contributed by atoms with Crippen LogP contribution >= 0.6 is 0 Å². The van der Waals surface area contributed by atoms with E-state index in [9.17, 15) is 14.4 Å². The molecule has 0 radical (unpaired) electrons. The molecule has 0 spiro atoms. The lowest BCUT2D eigenvalue weighted by atomic mass is 9.87.